The number of fused-ring (bicyclic) bond motifs is 1. The Balaban J connectivity index is 1.42. The Labute approximate surface area is 258 Å². The van der Waals surface area contributed by atoms with Gasteiger partial charge in [-0.2, -0.15) is 5.10 Å². The molecule has 0 bridgehead atoms. The minimum Gasteiger partial charge on any atom is -0.376 e. The van der Waals surface area contributed by atoms with Crippen LogP contribution in [0.4, 0.5) is 5.69 Å². The number of hydrogen-bond acceptors (Lipinski definition) is 4. The van der Waals surface area contributed by atoms with Crippen LogP contribution in [-0.2, 0) is 4.79 Å². The number of halogens is 2. The summed E-state index contributed by atoms with van der Waals surface area (Å²) in [5.41, 5.74) is 6.39. The van der Waals surface area contributed by atoms with Gasteiger partial charge >= 0.3 is 0 Å². The molecule has 1 saturated carbocycles. The van der Waals surface area contributed by atoms with Crippen molar-refractivity contribution in [1.82, 2.24) is 9.91 Å². The van der Waals surface area contributed by atoms with E-state index in [0.717, 1.165) is 47.2 Å². The largest absolute Gasteiger partial charge is 0.376 e. The van der Waals surface area contributed by atoms with Crippen LogP contribution in [0.15, 0.2) is 77.4 Å². The SMILES string of the molecule is Cc1ccc(NCC(=O)N2N=C3/C(=C\c4ccc(Cl)cc4)CCCC3C2c2ccc(Cl)cc2)cc1C(=O)N(C)C(C)C. The maximum absolute atomic E-state index is 13.8. The van der Waals surface area contributed by atoms with E-state index >= 15 is 0 Å². The van der Waals surface area contributed by atoms with Crippen molar-refractivity contribution in [2.24, 2.45) is 11.0 Å². The van der Waals surface area contributed by atoms with E-state index in [1.165, 1.54) is 0 Å². The van der Waals surface area contributed by atoms with Gasteiger partial charge in [-0.3, -0.25) is 9.59 Å². The summed E-state index contributed by atoms with van der Waals surface area (Å²) in [5.74, 6) is -0.108. The van der Waals surface area contributed by atoms with Crippen LogP contribution in [0.3, 0.4) is 0 Å². The van der Waals surface area contributed by atoms with Gasteiger partial charge in [0.05, 0.1) is 18.3 Å². The average Bonchev–Trinajstić information content (AvgIpc) is 3.38. The lowest BCUT2D eigenvalue weighted by Crippen LogP contribution is -2.35. The quantitative estimate of drug-likeness (QED) is 0.298. The number of allylic oxidation sites excluding steroid dienone is 1. The summed E-state index contributed by atoms with van der Waals surface area (Å²) in [6.07, 6.45) is 5.01. The van der Waals surface area contributed by atoms with Gasteiger partial charge in [0.2, 0.25) is 0 Å². The Morgan fingerprint density at radius 2 is 1.71 bits per heavy atom. The number of benzene rings is 3. The third-order valence-electron chi connectivity index (χ3n) is 8.19. The first kappa shape index (κ1) is 29.9. The molecule has 2 unspecified atom stereocenters. The molecule has 0 spiro atoms. The zero-order valence-corrected chi connectivity index (χ0v) is 25.9. The number of nitrogens with zero attached hydrogens (tertiary/aromatic N) is 3. The molecular weight excluding hydrogens is 567 g/mol. The van der Waals surface area contributed by atoms with Crippen LogP contribution in [0, 0.1) is 12.8 Å². The third-order valence-corrected chi connectivity index (χ3v) is 8.69. The third kappa shape index (κ3) is 6.40. The van der Waals surface area contributed by atoms with Crippen LogP contribution in [0.2, 0.25) is 10.0 Å². The number of anilines is 1. The fraction of sp³-hybridized carbons (Fsp3) is 0.324. The van der Waals surface area contributed by atoms with Gasteiger partial charge < -0.3 is 10.2 Å². The van der Waals surface area contributed by atoms with Crippen molar-refractivity contribution < 1.29 is 9.59 Å². The predicted molar refractivity (Wildman–Crippen MR) is 172 cm³/mol. The molecule has 2 atom stereocenters. The molecule has 1 heterocycles. The fourth-order valence-corrected chi connectivity index (χ4v) is 5.86. The molecule has 5 rings (SSSR count). The molecule has 3 aromatic carbocycles. The molecule has 3 aromatic rings. The Morgan fingerprint density at radius 1 is 1.05 bits per heavy atom. The molecule has 2 amide bonds. The fourth-order valence-electron chi connectivity index (χ4n) is 5.61. The van der Waals surface area contributed by atoms with Crippen molar-refractivity contribution in [1.29, 1.82) is 0 Å². The predicted octanol–water partition coefficient (Wildman–Crippen LogP) is 8.02. The van der Waals surface area contributed by atoms with Gasteiger partial charge in [-0.25, -0.2) is 5.01 Å². The van der Waals surface area contributed by atoms with Crippen LogP contribution in [0.5, 0.6) is 0 Å². The highest BCUT2D eigenvalue weighted by Crippen LogP contribution is 2.44. The van der Waals surface area contributed by atoms with Gasteiger partial charge in [0.1, 0.15) is 0 Å². The molecule has 218 valence electrons. The first-order chi connectivity index (χ1) is 20.1. The van der Waals surface area contributed by atoms with E-state index in [1.807, 2.05) is 87.5 Å². The highest BCUT2D eigenvalue weighted by Gasteiger charge is 2.43. The van der Waals surface area contributed by atoms with Crippen molar-refractivity contribution in [2.75, 3.05) is 18.9 Å². The summed E-state index contributed by atoms with van der Waals surface area (Å²) < 4.78 is 0. The van der Waals surface area contributed by atoms with Crippen LogP contribution in [0.1, 0.15) is 66.2 Å². The lowest BCUT2D eigenvalue weighted by atomic mass is 9.77. The van der Waals surface area contributed by atoms with E-state index in [4.69, 9.17) is 28.3 Å². The summed E-state index contributed by atoms with van der Waals surface area (Å²) in [6, 6.07) is 20.9. The normalized spacial score (nSPS) is 19.1. The summed E-state index contributed by atoms with van der Waals surface area (Å²) in [7, 11) is 1.80. The Bertz CT molecular complexity index is 1530. The summed E-state index contributed by atoms with van der Waals surface area (Å²) >= 11 is 12.3. The highest BCUT2D eigenvalue weighted by molar-refractivity contribution is 6.30. The van der Waals surface area contributed by atoms with Crippen molar-refractivity contribution in [3.8, 4) is 0 Å². The van der Waals surface area contributed by atoms with E-state index in [0.29, 0.717) is 21.3 Å². The number of hydrazone groups is 1. The maximum atomic E-state index is 13.8. The molecule has 1 N–H and O–H groups in total. The molecule has 2 aliphatic rings. The van der Waals surface area contributed by atoms with E-state index in [2.05, 4.69) is 11.4 Å². The lowest BCUT2D eigenvalue weighted by molar-refractivity contribution is -0.131. The van der Waals surface area contributed by atoms with Gasteiger partial charge in [-0.15, -0.1) is 0 Å². The van der Waals surface area contributed by atoms with Crippen molar-refractivity contribution in [3.05, 3.63) is 105 Å². The first-order valence-corrected chi connectivity index (χ1v) is 15.1. The second-order valence-corrected chi connectivity index (χ2v) is 12.2. The van der Waals surface area contributed by atoms with E-state index in [-0.39, 0.29) is 36.4 Å². The Kier molecular flexibility index (Phi) is 9.05. The van der Waals surface area contributed by atoms with Gasteiger partial charge in [-0.05, 0) is 105 Å². The second kappa shape index (κ2) is 12.7. The van der Waals surface area contributed by atoms with Crippen LogP contribution >= 0.6 is 23.2 Å². The zero-order valence-electron chi connectivity index (χ0n) is 24.4. The molecule has 0 aromatic heterocycles. The molecule has 1 fully saturated rings. The molecule has 6 nitrogen and oxygen atoms in total. The molecule has 42 heavy (non-hydrogen) atoms. The Morgan fingerprint density at radius 3 is 2.38 bits per heavy atom. The van der Waals surface area contributed by atoms with E-state index in [1.54, 1.807) is 17.0 Å². The summed E-state index contributed by atoms with van der Waals surface area (Å²) in [5, 5.41) is 11.2. The molecule has 1 aliphatic carbocycles. The topological polar surface area (TPSA) is 65.0 Å². The minimum absolute atomic E-state index is 0.0422. The first-order valence-electron chi connectivity index (χ1n) is 14.4. The highest BCUT2D eigenvalue weighted by atomic mass is 35.5. The van der Waals surface area contributed by atoms with Crippen LogP contribution in [0.25, 0.3) is 6.08 Å². The van der Waals surface area contributed by atoms with E-state index in [9.17, 15) is 9.59 Å². The number of hydrogen-bond donors (Lipinski definition) is 1. The number of carbonyl (C=O) groups is 2. The molecular formula is C34H36Cl2N4O2. The van der Waals surface area contributed by atoms with Gasteiger partial charge in [0.15, 0.2) is 0 Å². The molecule has 0 saturated heterocycles. The Hall–Kier alpha value is -3.61. The molecule has 8 heteroatoms. The summed E-state index contributed by atoms with van der Waals surface area (Å²) in [6.45, 7) is 5.93. The second-order valence-electron chi connectivity index (χ2n) is 11.3. The smallest absolute Gasteiger partial charge is 0.262 e. The van der Waals surface area contributed by atoms with Gasteiger partial charge in [-0.1, -0.05) is 53.5 Å². The van der Waals surface area contributed by atoms with Crippen LogP contribution in [-0.4, -0.2) is 47.1 Å². The van der Waals surface area contributed by atoms with Gasteiger partial charge in [0, 0.05) is 40.3 Å². The number of carbonyl (C=O) groups excluding carboxylic acids is 2. The van der Waals surface area contributed by atoms with Gasteiger partial charge in [0.25, 0.3) is 11.8 Å². The van der Waals surface area contributed by atoms with Crippen molar-refractivity contribution in [3.63, 3.8) is 0 Å². The monoisotopic (exact) mass is 602 g/mol. The average molecular weight is 604 g/mol. The number of rotatable bonds is 7. The summed E-state index contributed by atoms with van der Waals surface area (Å²) in [4.78, 5) is 28.6. The lowest BCUT2D eigenvalue weighted by Gasteiger charge is -2.30. The van der Waals surface area contributed by atoms with Crippen molar-refractivity contribution >= 4 is 52.5 Å². The number of nitrogens with one attached hydrogen (secondary N) is 1. The number of aryl methyl sites for hydroxylation is 1. The number of amides is 2. The van der Waals surface area contributed by atoms with E-state index < -0.39 is 0 Å². The maximum Gasteiger partial charge on any atom is 0.262 e. The van der Waals surface area contributed by atoms with Crippen molar-refractivity contribution in [2.45, 2.75) is 52.1 Å². The van der Waals surface area contributed by atoms with Crippen LogP contribution < -0.4 is 5.32 Å². The molecule has 1 aliphatic heterocycles. The minimum atomic E-state index is -0.227. The standard InChI is InChI=1S/C34H36Cl2N4O2/c1-21(2)39(4)34(42)30-19-28(17-8-22(30)3)37-20-31(41)40-33(24-11-15-27(36)16-12-24)29-7-5-6-25(32(29)38-40)18-23-9-13-26(35)14-10-23/h8-19,21,29,33,37H,5-7,20H2,1-4H3/b25-18-. The molecule has 0 radical (unpaired) electrons. The zero-order chi connectivity index (χ0) is 30.0.